The largest absolute Gasteiger partial charge is 0.507 e. The topological polar surface area (TPSA) is 112 Å². The van der Waals surface area contributed by atoms with Crippen molar-refractivity contribution in [2.45, 2.75) is 63.7 Å². The number of hydrogen-bond donors (Lipinski definition) is 1. The SMILES string of the molecule is CC[C@@H]1CCC[C@H](N(c2cnc(-c3ccc(-c4nnc(C#N)s4)cc3O)nn2)C2CC2)[C@@H]1F. The molecule has 0 amide bonds. The number of anilines is 1. The van der Waals surface area contributed by atoms with E-state index in [9.17, 15) is 5.11 Å². The summed E-state index contributed by atoms with van der Waals surface area (Å²) < 4.78 is 15.3. The van der Waals surface area contributed by atoms with E-state index in [1.807, 2.05) is 6.07 Å². The predicted molar refractivity (Wildman–Crippen MR) is 122 cm³/mol. The maximum absolute atomic E-state index is 15.3. The van der Waals surface area contributed by atoms with E-state index in [1.165, 1.54) is 0 Å². The molecule has 1 N–H and O–H groups in total. The number of halogens is 1. The van der Waals surface area contributed by atoms with Crippen LogP contribution in [0.15, 0.2) is 24.4 Å². The smallest absolute Gasteiger partial charge is 0.218 e. The van der Waals surface area contributed by atoms with Gasteiger partial charge in [0.2, 0.25) is 5.01 Å². The predicted octanol–water partition coefficient (Wildman–Crippen LogP) is 4.52. The number of aromatic hydroxyl groups is 1. The summed E-state index contributed by atoms with van der Waals surface area (Å²) in [5.41, 5.74) is 1.09. The molecule has 2 heterocycles. The maximum atomic E-state index is 15.3. The summed E-state index contributed by atoms with van der Waals surface area (Å²) in [5, 5.41) is 36.7. The third-order valence-corrected chi connectivity index (χ3v) is 7.41. The second kappa shape index (κ2) is 8.98. The number of nitrogens with zero attached hydrogens (tertiary/aromatic N) is 7. The first-order valence-electron chi connectivity index (χ1n) is 11.3. The lowest BCUT2D eigenvalue weighted by molar-refractivity contribution is 0.130. The van der Waals surface area contributed by atoms with Gasteiger partial charge < -0.3 is 10.0 Å². The lowest BCUT2D eigenvalue weighted by atomic mass is 9.81. The third-order valence-electron chi connectivity index (χ3n) is 6.53. The number of hydrogen-bond acceptors (Lipinski definition) is 9. The number of phenols is 1. The lowest BCUT2D eigenvalue weighted by Gasteiger charge is -2.40. The number of benzene rings is 1. The number of nitriles is 1. The lowest BCUT2D eigenvalue weighted by Crippen LogP contribution is -2.49. The van der Waals surface area contributed by atoms with Gasteiger partial charge in [-0.25, -0.2) is 9.37 Å². The van der Waals surface area contributed by atoms with Gasteiger partial charge in [0, 0.05) is 11.6 Å². The summed E-state index contributed by atoms with van der Waals surface area (Å²) in [6.07, 6.45) is 6.47. The van der Waals surface area contributed by atoms with Crippen molar-refractivity contribution in [3.63, 3.8) is 0 Å². The van der Waals surface area contributed by atoms with Crippen LogP contribution in [0.5, 0.6) is 5.75 Å². The average molecular weight is 466 g/mol. The fraction of sp³-hybridized carbons (Fsp3) is 0.478. The molecule has 0 aliphatic heterocycles. The molecular formula is C23H24FN7OS. The van der Waals surface area contributed by atoms with Gasteiger partial charge in [-0.15, -0.1) is 20.4 Å². The monoisotopic (exact) mass is 465 g/mol. The second-order valence-electron chi connectivity index (χ2n) is 8.65. The highest BCUT2D eigenvalue weighted by molar-refractivity contribution is 7.15. The minimum absolute atomic E-state index is 0.0169. The Morgan fingerprint density at radius 2 is 2.03 bits per heavy atom. The molecule has 5 rings (SSSR count). The van der Waals surface area contributed by atoms with Crippen LogP contribution in [0.25, 0.3) is 22.0 Å². The van der Waals surface area contributed by atoms with Crippen LogP contribution in [0.1, 0.15) is 50.5 Å². The van der Waals surface area contributed by atoms with E-state index in [0.29, 0.717) is 33.8 Å². The molecule has 2 saturated carbocycles. The first-order chi connectivity index (χ1) is 16.1. The molecule has 1 aromatic carbocycles. The van der Waals surface area contributed by atoms with Gasteiger partial charge in [-0.05, 0) is 43.7 Å². The van der Waals surface area contributed by atoms with Crippen LogP contribution in [0, 0.1) is 17.2 Å². The average Bonchev–Trinajstić information content (AvgIpc) is 3.55. The Morgan fingerprint density at radius 1 is 1.18 bits per heavy atom. The molecule has 3 atom stereocenters. The molecule has 2 aliphatic carbocycles. The minimum atomic E-state index is -0.871. The van der Waals surface area contributed by atoms with E-state index in [2.05, 4.69) is 37.2 Å². The minimum Gasteiger partial charge on any atom is -0.507 e. The Hall–Kier alpha value is -3.19. The molecule has 3 aromatic rings. The molecule has 33 heavy (non-hydrogen) atoms. The van der Waals surface area contributed by atoms with Gasteiger partial charge in [0.05, 0.1) is 17.8 Å². The fourth-order valence-corrected chi connectivity index (χ4v) is 5.31. The summed E-state index contributed by atoms with van der Waals surface area (Å²) >= 11 is 1.15. The van der Waals surface area contributed by atoms with Crippen LogP contribution in [0.3, 0.4) is 0 Å². The normalized spacial score (nSPS) is 22.6. The van der Waals surface area contributed by atoms with Crippen LogP contribution in [-0.2, 0) is 0 Å². The van der Waals surface area contributed by atoms with Crippen LogP contribution in [0.2, 0.25) is 0 Å². The third kappa shape index (κ3) is 4.25. The van der Waals surface area contributed by atoms with Crippen molar-refractivity contribution in [1.82, 2.24) is 25.4 Å². The van der Waals surface area contributed by atoms with E-state index in [4.69, 9.17) is 5.26 Å². The molecule has 0 radical (unpaired) electrons. The van der Waals surface area contributed by atoms with Crippen molar-refractivity contribution in [3.8, 4) is 33.8 Å². The Bertz CT molecular complexity index is 1170. The number of phenolic OH excluding ortho intramolecular Hbond substituents is 1. The number of rotatable bonds is 6. The summed E-state index contributed by atoms with van der Waals surface area (Å²) in [6, 6.07) is 7.07. The summed E-state index contributed by atoms with van der Waals surface area (Å²) in [6.45, 7) is 2.06. The second-order valence-corrected chi connectivity index (χ2v) is 9.62. The molecule has 10 heteroatoms. The van der Waals surface area contributed by atoms with Gasteiger partial charge in [0.1, 0.15) is 23.0 Å². The highest BCUT2D eigenvalue weighted by atomic mass is 32.1. The van der Waals surface area contributed by atoms with Gasteiger partial charge in [-0.2, -0.15) is 5.26 Å². The molecule has 170 valence electrons. The summed E-state index contributed by atoms with van der Waals surface area (Å²) in [5.74, 6) is 0.967. The quantitative estimate of drug-likeness (QED) is 0.565. The summed E-state index contributed by atoms with van der Waals surface area (Å²) in [4.78, 5) is 6.55. The first kappa shape index (κ1) is 21.6. The van der Waals surface area contributed by atoms with Gasteiger partial charge in [-0.3, -0.25) is 0 Å². The Labute approximate surface area is 195 Å². The van der Waals surface area contributed by atoms with Crippen molar-refractivity contribution in [3.05, 3.63) is 29.4 Å². The van der Waals surface area contributed by atoms with Crippen molar-refractivity contribution >= 4 is 17.2 Å². The van der Waals surface area contributed by atoms with Crippen LogP contribution in [-0.4, -0.2) is 48.7 Å². The molecule has 8 nitrogen and oxygen atoms in total. The van der Waals surface area contributed by atoms with E-state index in [0.717, 1.165) is 49.9 Å². The molecule has 0 unspecified atom stereocenters. The van der Waals surface area contributed by atoms with Gasteiger partial charge in [-0.1, -0.05) is 37.2 Å². The summed E-state index contributed by atoms with van der Waals surface area (Å²) in [7, 11) is 0. The fourth-order valence-electron chi connectivity index (χ4n) is 4.67. The standard InChI is InChI=1S/C23H24FN7OS/c1-2-13-4-3-5-17(21(13)24)31(15-7-8-15)19-12-26-22(29-27-19)16-9-6-14(10-18(16)32)23-30-28-20(11-25)33-23/h6,9-10,12-13,15,17,21,32H,2-5,7-8H2,1H3/t13-,17+,21-/m1/s1. The Kier molecular flexibility index (Phi) is 5.89. The van der Waals surface area contributed by atoms with E-state index >= 15 is 4.39 Å². The Balaban J connectivity index is 1.39. The molecule has 2 aromatic heterocycles. The van der Waals surface area contributed by atoms with Gasteiger partial charge in [0.15, 0.2) is 11.6 Å². The van der Waals surface area contributed by atoms with Crippen molar-refractivity contribution in [2.75, 3.05) is 4.90 Å². The zero-order chi connectivity index (χ0) is 22.9. The highest BCUT2D eigenvalue weighted by Gasteiger charge is 2.42. The number of aromatic nitrogens is 5. The zero-order valence-corrected chi connectivity index (χ0v) is 19.0. The van der Waals surface area contributed by atoms with E-state index in [-0.39, 0.29) is 22.7 Å². The first-order valence-corrected chi connectivity index (χ1v) is 12.1. The van der Waals surface area contributed by atoms with Gasteiger partial charge >= 0.3 is 0 Å². The van der Waals surface area contributed by atoms with E-state index < -0.39 is 6.17 Å². The maximum Gasteiger partial charge on any atom is 0.218 e. The molecule has 2 aliphatic rings. The Morgan fingerprint density at radius 3 is 2.67 bits per heavy atom. The van der Waals surface area contributed by atoms with E-state index in [1.54, 1.807) is 24.4 Å². The molecule has 0 bridgehead atoms. The van der Waals surface area contributed by atoms with Crippen LogP contribution < -0.4 is 4.90 Å². The zero-order valence-electron chi connectivity index (χ0n) is 18.2. The molecular weight excluding hydrogens is 441 g/mol. The molecule has 2 fully saturated rings. The van der Waals surface area contributed by atoms with Crippen molar-refractivity contribution < 1.29 is 9.50 Å². The van der Waals surface area contributed by atoms with Crippen molar-refractivity contribution in [2.24, 2.45) is 5.92 Å². The van der Waals surface area contributed by atoms with Crippen LogP contribution in [0.4, 0.5) is 10.2 Å². The molecule has 0 saturated heterocycles. The highest BCUT2D eigenvalue weighted by Crippen LogP contribution is 2.40. The number of alkyl halides is 1. The van der Waals surface area contributed by atoms with Crippen LogP contribution >= 0.6 is 11.3 Å². The molecule has 0 spiro atoms. The van der Waals surface area contributed by atoms with Crippen molar-refractivity contribution in [1.29, 1.82) is 5.26 Å². The van der Waals surface area contributed by atoms with Gasteiger partial charge in [0.25, 0.3) is 0 Å².